The van der Waals surface area contributed by atoms with Gasteiger partial charge in [0.25, 0.3) is 0 Å². The second-order valence-corrected chi connectivity index (χ2v) is 20.2. The molecule has 0 saturated carbocycles. The number of hydrazine groups is 2. The van der Waals surface area contributed by atoms with Crippen molar-refractivity contribution < 1.29 is 76.3 Å². The number of ether oxygens (including phenoxy) is 8. The molecule has 6 amide bonds. The van der Waals surface area contributed by atoms with Crippen LogP contribution in [0.15, 0.2) is 182 Å². The number of hydrogen-bond acceptors (Lipinski definition) is 16. The number of benzene rings is 6. The minimum absolute atomic E-state index is 0.110. The zero-order valence-corrected chi connectivity index (χ0v) is 47.9. The van der Waals surface area contributed by atoms with Crippen LogP contribution >= 0.6 is 0 Å². The summed E-state index contributed by atoms with van der Waals surface area (Å²) in [5, 5.41) is 6.58. The zero-order valence-electron chi connectivity index (χ0n) is 47.9. The predicted molar refractivity (Wildman–Crippen MR) is 305 cm³/mol. The number of amides is 6. The Morgan fingerprint density at radius 2 is 0.619 bits per heavy atom. The van der Waals surface area contributed by atoms with Crippen molar-refractivity contribution in [2.75, 3.05) is 14.2 Å². The summed E-state index contributed by atoms with van der Waals surface area (Å²) in [6.07, 6.45) is -6.03. The molecule has 0 heterocycles. The maximum Gasteiger partial charge on any atom is 0.430 e. The molecule has 4 atom stereocenters. The first-order valence-corrected chi connectivity index (χ1v) is 26.3. The van der Waals surface area contributed by atoms with Gasteiger partial charge in [0, 0.05) is 0 Å². The third-order valence-electron chi connectivity index (χ3n) is 11.4. The van der Waals surface area contributed by atoms with Crippen molar-refractivity contribution in [1.29, 1.82) is 0 Å². The molecule has 6 aromatic rings. The summed E-state index contributed by atoms with van der Waals surface area (Å²) in [4.78, 5) is 105. The summed E-state index contributed by atoms with van der Waals surface area (Å²) in [6.45, 7) is 9.53. The van der Waals surface area contributed by atoms with Gasteiger partial charge < -0.3 is 48.5 Å². The van der Waals surface area contributed by atoms with Crippen molar-refractivity contribution in [3.05, 3.63) is 215 Å². The van der Waals surface area contributed by atoms with Crippen LogP contribution in [0.3, 0.4) is 0 Å². The van der Waals surface area contributed by atoms with E-state index in [0.717, 1.165) is 14.2 Å². The van der Waals surface area contributed by atoms with Gasteiger partial charge in [0.05, 0.1) is 26.3 Å². The van der Waals surface area contributed by atoms with E-state index in [0.29, 0.717) is 43.4 Å². The molecule has 0 aliphatic heterocycles. The number of nitrogens with zero attached hydrogens (tertiary/aromatic N) is 2. The minimum Gasteiger partial charge on any atom is -0.467 e. The van der Waals surface area contributed by atoms with Crippen LogP contribution in [0.5, 0.6) is 0 Å². The van der Waals surface area contributed by atoms with Crippen LogP contribution in [0.4, 0.5) is 28.8 Å². The Balaban J connectivity index is 0.000000307. The molecule has 84 heavy (non-hydrogen) atoms. The zero-order chi connectivity index (χ0) is 61.1. The quantitative estimate of drug-likeness (QED) is 0.0354. The normalized spacial score (nSPS) is 12.2. The Morgan fingerprint density at radius 1 is 0.369 bits per heavy atom. The molecular weight excluding hydrogens is 1080 g/mol. The number of alkyl carbamates (subject to hydrolysis) is 2. The molecule has 444 valence electrons. The van der Waals surface area contributed by atoms with Gasteiger partial charge in [-0.2, -0.15) is 10.0 Å². The smallest absolute Gasteiger partial charge is 0.430 e. The maximum absolute atomic E-state index is 13.5. The first-order valence-electron chi connectivity index (χ1n) is 26.3. The van der Waals surface area contributed by atoms with Gasteiger partial charge in [0.1, 0.15) is 37.6 Å². The fourth-order valence-electron chi connectivity index (χ4n) is 7.64. The van der Waals surface area contributed by atoms with E-state index in [1.165, 1.54) is 0 Å². The second-order valence-electron chi connectivity index (χ2n) is 20.2. The fourth-order valence-corrected chi connectivity index (χ4v) is 7.64. The molecule has 6 aromatic carbocycles. The summed E-state index contributed by atoms with van der Waals surface area (Å²) < 4.78 is 42.4. The number of methoxy groups -OCH3 is 2. The monoisotopic (exact) mass is 1150 g/mol. The Hall–Kier alpha value is -10.1. The second kappa shape index (κ2) is 32.4. The van der Waals surface area contributed by atoms with Crippen molar-refractivity contribution in [3.8, 4) is 0 Å². The summed E-state index contributed by atoms with van der Waals surface area (Å²) in [5.74, 6) is -1.92. The van der Waals surface area contributed by atoms with Crippen molar-refractivity contribution >= 4 is 48.5 Å². The van der Waals surface area contributed by atoms with E-state index in [9.17, 15) is 38.4 Å². The highest BCUT2D eigenvalue weighted by Crippen LogP contribution is 2.26. The van der Waals surface area contributed by atoms with Gasteiger partial charge in [-0.05, 0) is 74.9 Å². The molecular formula is C62H70N6O16. The lowest BCUT2D eigenvalue weighted by atomic mass is 9.99. The summed E-state index contributed by atoms with van der Waals surface area (Å²) in [7, 11) is 2.23. The highest BCUT2D eigenvalue weighted by molar-refractivity contribution is 5.86. The molecule has 22 heteroatoms. The van der Waals surface area contributed by atoms with Crippen LogP contribution < -0.4 is 21.5 Å². The number of esters is 2. The van der Waals surface area contributed by atoms with Crippen LogP contribution in [0, 0.1) is 0 Å². The van der Waals surface area contributed by atoms with E-state index >= 15 is 0 Å². The Labute approximate surface area is 487 Å². The molecule has 0 aliphatic rings. The van der Waals surface area contributed by atoms with Crippen LogP contribution in [-0.2, 0) is 73.9 Å². The van der Waals surface area contributed by atoms with Gasteiger partial charge in [-0.3, -0.25) is 0 Å². The lowest BCUT2D eigenvalue weighted by Crippen LogP contribution is -2.60. The van der Waals surface area contributed by atoms with E-state index in [1.807, 2.05) is 24.3 Å². The summed E-state index contributed by atoms with van der Waals surface area (Å²) in [6, 6.07) is 46.5. The molecule has 0 aromatic heterocycles. The number of hydrogen-bond donors (Lipinski definition) is 4. The van der Waals surface area contributed by atoms with Gasteiger partial charge in [0.2, 0.25) is 0 Å². The molecule has 0 bridgehead atoms. The molecule has 0 aliphatic carbocycles. The Kier molecular flexibility index (Phi) is 24.9. The summed E-state index contributed by atoms with van der Waals surface area (Å²) >= 11 is 0. The molecule has 22 nitrogen and oxygen atoms in total. The van der Waals surface area contributed by atoms with Crippen LogP contribution in [0.2, 0.25) is 0 Å². The van der Waals surface area contributed by atoms with E-state index in [2.05, 4.69) is 21.5 Å². The first kappa shape index (κ1) is 64.7. The predicted octanol–water partition coefficient (Wildman–Crippen LogP) is 10.5. The van der Waals surface area contributed by atoms with Crippen molar-refractivity contribution in [1.82, 2.24) is 31.5 Å². The fraction of sp³-hybridized carbons (Fsp3) is 0.290. The highest BCUT2D eigenvalue weighted by atomic mass is 16.6. The maximum atomic E-state index is 13.5. The van der Waals surface area contributed by atoms with Crippen LogP contribution in [0.1, 0.15) is 87.0 Å². The van der Waals surface area contributed by atoms with Gasteiger partial charge in [-0.25, -0.2) is 49.2 Å². The molecule has 0 unspecified atom stereocenters. The lowest BCUT2D eigenvalue weighted by Gasteiger charge is -2.34. The minimum atomic E-state index is -1.64. The molecule has 0 fully saturated rings. The van der Waals surface area contributed by atoms with Crippen molar-refractivity contribution in [3.63, 3.8) is 0 Å². The Morgan fingerprint density at radius 3 is 0.869 bits per heavy atom. The number of carbonyl (C=O) groups is 8. The van der Waals surface area contributed by atoms with Gasteiger partial charge in [-0.15, -0.1) is 0 Å². The standard InChI is InChI=1S/2C31H35N3O8/c2*1-31(2,3)42-28(36)32-25(24-18-12-7-13-19-24)26(27(35)39-4)34(30(38)41-21-23-16-10-6-11-17-23)33-29(37)40-20-22-14-8-5-9-15-22/h2*5-19,25-26H,20-21H2,1-4H3,(H,32,36)(H,33,37)/t2*25-,26-/m10/s1. The third-order valence-corrected chi connectivity index (χ3v) is 11.4. The first-order chi connectivity index (χ1) is 40.1. The SMILES string of the molecule is COC(=O)[C@@H]([C@H](NC(=O)OC(C)(C)C)c1ccccc1)N(NC(=O)OCc1ccccc1)C(=O)OCc1ccccc1.COC(=O)[C@H]([C@@H](NC(=O)OC(C)(C)C)c1ccccc1)N(NC(=O)OCc1ccccc1)C(=O)OCc1ccccc1. The van der Waals surface area contributed by atoms with Crippen molar-refractivity contribution in [2.24, 2.45) is 0 Å². The highest BCUT2D eigenvalue weighted by Gasteiger charge is 2.44. The average Bonchev–Trinajstić information content (AvgIpc) is 2.68. The molecule has 0 radical (unpaired) electrons. The molecule has 0 spiro atoms. The Bertz CT molecular complexity index is 2840. The number of rotatable bonds is 18. The van der Waals surface area contributed by atoms with Gasteiger partial charge in [0.15, 0.2) is 12.1 Å². The lowest BCUT2D eigenvalue weighted by molar-refractivity contribution is -0.149. The van der Waals surface area contributed by atoms with E-state index < -0.39 is 83.9 Å². The number of carbonyl (C=O) groups excluding carboxylic acids is 8. The van der Waals surface area contributed by atoms with Crippen LogP contribution in [-0.4, -0.2) is 96.0 Å². The topological polar surface area (TPSA) is 265 Å². The molecule has 0 saturated heterocycles. The van der Waals surface area contributed by atoms with Crippen molar-refractivity contribution in [2.45, 2.75) is 103 Å². The molecule has 4 N–H and O–H groups in total. The largest absolute Gasteiger partial charge is 0.467 e. The third kappa shape index (κ3) is 22.1. The average molecular weight is 1160 g/mol. The van der Waals surface area contributed by atoms with Gasteiger partial charge >= 0.3 is 48.5 Å². The van der Waals surface area contributed by atoms with Gasteiger partial charge in [-0.1, -0.05) is 182 Å². The van der Waals surface area contributed by atoms with E-state index in [4.69, 9.17) is 37.9 Å². The van der Waals surface area contributed by atoms with E-state index in [-0.39, 0.29) is 26.4 Å². The van der Waals surface area contributed by atoms with Crippen LogP contribution in [0.25, 0.3) is 0 Å². The van der Waals surface area contributed by atoms with E-state index in [1.54, 1.807) is 199 Å². The number of nitrogens with one attached hydrogen (secondary N) is 4. The summed E-state index contributed by atoms with van der Waals surface area (Å²) in [5.41, 5.74) is 6.47. The molecule has 6 rings (SSSR count).